The lowest BCUT2D eigenvalue weighted by atomic mass is 10.1. The molecule has 2 saturated heterocycles. The Labute approximate surface area is 283 Å². The van der Waals surface area contributed by atoms with Crippen LogP contribution in [-0.4, -0.2) is 122 Å². The Bertz CT molecular complexity index is 2080. The first-order chi connectivity index (χ1) is 23.6. The van der Waals surface area contributed by atoms with Crippen LogP contribution in [0.3, 0.4) is 0 Å². The van der Waals surface area contributed by atoms with Crippen molar-refractivity contribution in [3.05, 3.63) is 45.8 Å². The summed E-state index contributed by atoms with van der Waals surface area (Å²) >= 11 is 0. The van der Waals surface area contributed by atoms with Gasteiger partial charge < -0.3 is 50.3 Å². The first-order valence-corrected chi connectivity index (χ1v) is 19.8. The molecule has 0 aliphatic carbocycles. The Hall–Kier alpha value is -2.55. The van der Waals surface area contributed by atoms with E-state index >= 15 is 0 Å². The van der Waals surface area contributed by atoms with Gasteiger partial charge in [0.1, 0.15) is 48.5 Å². The van der Waals surface area contributed by atoms with Gasteiger partial charge >= 0.3 is 29.2 Å². The molecule has 2 aliphatic rings. The lowest BCUT2D eigenvalue weighted by Crippen LogP contribution is -2.37. The molecule has 10 N–H and O–H groups in total. The van der Waals surface area contributed by atoms with Crippen LogP contribution in [0, 0.1) is 0 Å². The minimum absolute atomic E-state index is 0.0139. The van der Waals surface area contributed by atoms with Crippen molar-refractivity contribution in [2.45, 2.75) is 49.1 Å². The number of imidazole rings is 1. The maximum absolute atomic E-state index is 12.5. The van der Waals surface area contributed by atoms with Gasteiger partial charge in [0.2, 0.25) is 7.57 Å². The lowest BCUT2D eigenvalue weighted by molar-refractivity contribution is -0.0540. The molecule has 0 amide bonds. The van der Waals surface area contributed by atoms with Gasteiger partial charge in [0, 0.05) is 12.3 Å². The average molecular weight is 807 g/mol. The van der Waals surface area contributed by atoms with Gasteiger partial charge in [0.05, 0.1) is 19.5 Å². The quantitative estimate of drug-likeness (QED) is 0.0574. The summed E-state index contributed by atoms with van der Waals surface area (Å²) in [5.74, 6) is -0.0139. The predicted octanol–water partition coefficient (Wildman–Crippen LogP) is -3.14. The number of hydrogen-bond acceptors (Lipinski definition) is 21. The predicted molar refractivity (Wildman–Crippen MR) is 161 cm³/mol. The van der Waals surface area contributed by atoms with E-state index in [4.69, 9.17) is 22.8 Å². The zero-order valence-electron chi connectivity index (χ0n) is 25.0. The van der Waals surface area contributed by atoms with Crippen LogP contribution in [0.15, 0.2) is 34.5 Å². The number of fused-ring (bicyclic) bond motifs is 1. The summed E-state index contributed by atoms with van der Waals surface area (Å²) in [4.78, 5) is 66.6. The van der Waals surface area contributed by atoms with Crippen molar-refractivity contribution in [1.82, 2.24) is 29.1 Å². The van der Waals surface area contributed by atoms with E-state index in [1.54, 1.807) is 0 Å². The zero-order valence-corrected chi connectivity index (χ0v) is 28.5. The van der Waals surface area contributed by atoms with Crippen molar-refractivity contribution in [3.8, 4) is 0 Å². The van der Waals surface area contributed by atoms with Crippen molar-refractivity contribution in [3.63, 3.8) is 0 Å². The summed E-state index contributed by atoms with van der Waals surface area (Å²) in [6, 6.07) is 0.890. The minimum atomic E-state index is -6.09. The number of nitrogens with zero attached hydrogens (tertiary/aromatic N) is 5. The third-order valence-corrected chi connectivity index (χ3v) is 13.0. The average Bonchev–Trinajstić information content (AvgIpc) is 3.64. The Morgan fingerprint density at radius 3 is 1.90 bits per heavy atom. The normalized spacial score (nSPS) is 31.5. The largest absolute Gasteiger partial charge is 0.487 e. The van der Waals surface area contributed by atoms with Crippen LogP contribution in [0.1, 0.15) is 12.5 Å². The van der Waals surface area contributed by atoms with Crippen LogP contribution < -0.4 is 17.0 Å². The molecular formula is C19H26BN7O20P4. The number of nitrogens with two attached hydrogens (primary N) is 1. The monoisotopic (exact) mass is 807 g/mol. The minimum Gasteiger partial charge on any atom is -0.387 e. The molecule has 2 fully saturated rings. The summed E-state index contributed by atoms with van der Waals surface area (Å²) in [5.41, 5.74) is 4.08. The molecule has 51 heavy (non-hydrogen) atoms. The van der Waals surface area contributed by atoms with E-state index in [9.17, 15) is 63.0 Å². The van der Waals surface area contributed by atoms with Crippen LogP contribution in [0.5, 0.6) is 0 Å². The van der Waals surface area contributed by atoms with Gasteiger partial charge in [0.25, 0.3) is 13.0 Å². The van der Waals surface area contributed by atoms with E-state index < -0.39 is 104 Å². The number of H-pyrrole nitrogens is 1. The molecule has 0 aromatic carbocycles. The van der Waals surface area contributed by atoms with Gasteiger partial charge in [-0.15, -0.1) is 0 Å². The number of hydrogen-bond donors (Lipinski definition) is 9. The third-order valence-electron chi connectivity index (χ3n) is 6.91. The second kappa shape index (κ2) is 14.7. The number of anilines is 1. The molecule has 0 spiro atoms. The number of phosphoric acid groups is 3. The highest BCUT2D eigenvalue weighted by atomic mass is 31.3. The third kappa shape index (κ3) is 9.16. The summed E-state index contributed by atoms with van der Waals surface area (Å²) in [5, 5.41) is 41.3. The Balaban J connectivity index is 1.14. The summed E-state index contributed by atoms with van der Waals surface area (Å²) in [7, 11) is -18.2. The molecule has 2 radical (unpaired) electrons. The van der Waals surface area contributed by atoms with Crippen LogP contribution >= 0.6 is 30.9 Å². The molecule has 0 bridgehead atoms. The first kappa shape index (κ1) is 39.7. The Morgan fingerprint density at radius 2 is 1.33 bits per heavy atom. The lowest BCUT2D eigenvalue weighted by Gasteiger charge is -2.23. The van der Waals surface area contributed by atoms with E-state index in [-0.39, 0.29) is 17.0 Å². The van der Waals surface area contributed by atoms with Gasteiger partial charge in [-0.05, 0) is 0 Å². The summed E-state index contributed by atoms with van der Waals surface area (Å²) < 4.78 is 83.1. The van der Waals surface area contributed by atoms with Gasteiger partial charge in [-0.25, -0.2) is 42.1 Å². The maximum atomic E-state index is 12.5. The maximum Gasteiger partial charge on any atom is 0.487 e. The highest BCUT2D eigenvalue weighted by Crippen LogP contribution is 2.71. The fourth-order valence-electron chi connectivity index (χ4n) is 4.71. The number of phosphoric ester groups is 2. The molecule has 12 atom stereocenters. The van der Waals surface area contributed by atoms with Crippen molar-refractivity contribution in [2.75, 3.05) is 18.9 Å². The van der Waals surface area contributed by atoms with Crippen LogP contribution in [0.4, 0.5) is 5.82 Å². The highest BCUT2D eigenvalue weighted by molar-refractivity contribution is 7.87. The van der Waals surface area contributed by atoms with E-state index in [1.165, 1.54) is 0 Å². The van der Waals surface area contributed by atoms with Crippen molar-refractivity contribution >= 4 is 55.5 Å². The number of nitrogen functional groups attached to an aromatic ring is 1. The van der Waals surface area contributed by atoms with Gasteiger partial charge in [-0.1, -0.05) is 0 Å². The van der Waals surface area contributed by atoms with Crippen molar-refractivity contribution < 1.29 is 84.8 Å². The molecule has 27 nitrogen and oxygen atoms in total. The second-order valence-corrected chi connectivity index (χ2v) is 16.8. The zero-order chi connectivity index (χ0) is 37.7. The Kier molecular flexibility index (Phi) is 11.4. The number of aromatic amines is 1. The summed E-state index contributed by atoms with van der Waals surface area (Å²) in [6.07, 6.45) is -10.4. The second-order valence-electron chi connectivity index (χ2n) is 10.5. The molecule has 0 saturated carbocycles. The van der Waals surface area contributed by atoms with Crippen LogP contribution in [0.25, 0.3) is 11.2 Å². The molecule has 5 rings (SSSR count). The molecule has 4 unspecified atom stereocenters. The number of nitrogens with one attached hydrogen (secondary N) is 1. The van der Waals surface area contributed by atoms with Crippen LogP contribution in [-0.2, 0) is 49.7 Å². The van der Waals surface area contributed by atoms with E-state index in [1.807, 2.05) is 4.98 Å². The van der Waals surface area contributed by atoms with Gasteiger partial charge in [-0.2, -0.15) is 4.31 Å². The van der Waals surface area contributed by atoms with E-state index in [0.717, 1.165) is 29.5 Å². The number of aliphatic hydroxyl groups is 4. The summed E-state index contributed by atoms with van der Waals surface area (Å²) in [6.45, 7) is -2.23. The fourth-order valence-corrected chi connectivity index (χ4v) is 9.87. The molecule has 5 heterocycles. The number of ether oxygens (including phenoxy) is 2. The van der Waals surface area contributed by atoms with Gasteiger partial charge in [-0.3, -0.25) is 32.5 Å². The first-order valence-electron chi connectivity index (χ1n) is 13.7. The number of rotatable bonds is 14. The molecule has 32 heteroatoms. The molecule has 3 aromatic rings. The van der Waals surface area contributed by atoms with Crippen LogP contribution in [0.2, 0.25) is 0 Å². The number of aromatic nitrogens is 6. The smallest absolute Gasteiger partial charge is 0.387 e. The molecule has 280 valence electrons. The highest BCUT2D eigenvalue weighted by Gasteiger charge is 2.49. The molecule has 2 aliphatic heterocycles. The fraction of sp³-hybridized carbons (Fsp3) is 0.526. The van der Waals surface area contributed by atoms with Crippen molar-refractivity contribution in [2.24, 2.45) is 0 Å². The molecule has 3 aromatic heterocycles. The van der Waals surface area contributed by atoms with E-state index in [2.05, 4.69) is 36.9 Å². The van der Waals surface area contributed by atoms with Crippen molar-refractivity contribution in [1.29, 1.82) is 0 Å². The number of aliphatic hydroxyl groups excluding tert-OH is 4. The Morgan fingerprint density at radius 1 is 0.804 bits per heavy atom. The van der Waals surface area contributed by atoms with E-state index in [0.29, 0.717) is 4.57 Å². The SMILES string of the molecule is [B]P(=O)(OP(=O)(O)OC[C@H]1O[C@@H](n2ccc(=O)[nH]c2=O)[C@H](O)[C@@H]1O)OP(=O)(O)OP(=O)(O)OC[C@H]1O[C@@H](n2cnc3c(N)ncnc32)[C@H](O)[C@@H]1O. The standard InChI is InChI=1S/C19H26BN7O20P4/c20-48(34,45-49(35,36)41-3-7-11(29)13(31)17(43-7)26-2-1-9(28)25-19(26)33)46-51(39,40)47-50(37,38)42-4-8-12(30)14(32)18(44-8)27-6-24-10-15(21)22-5-23-16(10)27/h1-2,5-8,11-14,17-18,29-32H,3-4H2,(H,35,36)(H,37,38)(H,39,40)(H2,21,22,23)(H,25,28,33)/t7-,8-,11-,12-,13-,14-,17-,18-,48?/m1/s1. The van der Waals surface area contributed by atoms with Gasteiger partial charge in [0.15, 0.2) is 23.9 Å². The molecular weight excluding hydrogens is 781 g/mol. The topological polar surface area (TPSA) is 399 Å².